The van der Waals surface area contributed by atoms with Crippen LogP contribution in [0.25, 0.3) is 0 Å². The normalized spacial score (nSPS) is 26.5. The van der Waals surface area contributed by atoms with E-state index in [4.69, 9.17) is 5.11 Å². The van der Waals surface area contributed by atoms with E-state index in [9.17, 15) is 23.2 Å². The Balaban J connectivity index is 1.76. The predicted molar refractivity (Wildman–Crippen MR) is 79.8 cm³/mol. The monoisotopic (exact) mass is 337 g/mol. The summed E-state index contributed by atoms with van der Waals surface area (Å²) in [5.74, 6) is -5.11. The van der Waals surface area contributed by atoms with Gasteiger partial charge in [-0.1, -0.05) is 24.3 Å². The zero-order valence-electron chi connectivity index (χ0n) is 12.8. The standard InChI is InChI=1S/C17H17F2NO4/c18-15(19)12-7-20(8-13(12)17(23)24)16(22)10-5-9-3-1-2-4-11(9)14(21)6-10/h1-4,10,12-13,15H,5-8H2,(H,23,24)/t10?,12-,13-/m1/s1. The highest BCUT2D eigenvalue weighted by Crippen LogP contribution is 2.33. The molecule has 3 atom stereocenters. The maximum atomic E-state index is 13.0. The summed E-state index contributed by atoms with van der Waals surface area (Å²) in [5, 5.41) is 9.09. The van der Waals surface area contributed by atoms with Crippen molar-refractivity contribution in [3.63, 3.8) is 0 Å². The fourth-order valence-corrected chi connectivity index (χ4v) is 3.60. The third-order valence-electron chi connectivity index (χ3n) is 4.88. The van der Waals surface area contributed by atoms with Crippen LogP contribution in [0, 0.1) is 17.8 Å². The number of rotatable bonds is 3. The van der Waals surface area contributed by atoms with Crippen molar-refractivity contribution >= 4 is 17.7 Å². The molecule has 1 N–H and O–H groups in total. The van der Waals surface area contributed by atoms with E-state index in [0.29, 0.717) is 12.0 Å². The number of amides is 1. The van der Waals surface area contributed by atoms with Crippen molar-refractivity contribution in [2.75, 3.05) is 13.1 Å². The highest BCUT2D eigenvalue weighted by atomic mass is 19.3. The van der Waals surface area contributed by atoms with Gasteiger partial charge in [0.25, 0.3) is 0 Å². The second kappa shape index (κ2) is 6.30. The van der Waals surface area contributed by atoms with Gasteiger partial charge < -0.3 is 10.0 Å². The van der Waals surface area contributed by atoms with E-state index in [-0.39, 0.29) is 25.3 Å². The maximum Gasteiger partial charge on any atom is 0.308 e. The molecule has 1 amide bonds. The van der Waals surface area contributed by atoms with Crippen LogP contribution in [-0.2, 0) is 16.0 Å². The van der Waals surface area contributed by atoms with Crippen LogP contribution >= 0.6 is 0 Å². The van der Waals surface area contributed by atoms with Gasteiger partial charge in [-0.3, -0.25) is 14.4 Å². The Bertz CT molecular complexity index is 691. The Morgan fingerprint density at radius 1 is 1.17 bits per heavy atom. The summed E-state index contributed by atoms with van der Waals surface area (Å²) in [7, 11) is 0. The number of nitrogens with zero attached hydrogens (tertiary/aromatic N) is 1. The summed E-state index contributed by atoms with van der Waals surface area (Å²) in [6.45, 7) is -0.505. The van der Waals surface area contributed by atoms with Crippen LogP contribution in [0.3, 0.4) is 0 Å². The topological polar surface area (TPSA) is 74.7 Å². The molecule has 1 heterocycles. The Morgan fingerprint density at radius 3 is 2.50 bits per heavy atom. The smallest absolute Gasteiger partial charge is 0.308 e. The zero-order valence-corrected chi connectivity index (χ0v) is 12.8. The molecule has 0 aromatic heterocycles. The Kier molecular flexibility index (Phi) is 4.34. The van der Waals surface area contributed by atoms with Crippen LogP contribution in [-0.4, -0.2) is 47.2 Å². The molecule has 1 aromatic carbocycles. The van der Waals surface area contributed by atoms with Crippen LogP contribution in [0.5, 0.6) is 0 Å². The number of ketones is 1. The van der Waals surface area contributed by atoms with E-state index in [1.807, 2.05) is 0 Å². The van der Waals surface area contributed by atoms with Crippen LogP contribution in [0.15, 0.2) is 24.3 Å². The summed E-state index contributed by atoms with van der Waals surface area (Å²) < 4.78 is 26.1. The Labute approximate surface area is 137 Å². The molecule has 0 spiro atoms. The highest BCUT2D eigenvalue weighted by molar-refractivity contribution is 6.01. The first-order valence-electron chi connectivity index (χ1n) is 7.79. The lowest BCUT2D eigenvalue weighted by Crippen LogP contribution is -2.39. The number of aliphatic carboxylic acids is 1. The van der Waals surface area contributed by atoms with Crippen LogP contribution in [0.4, 0.5) is 8.78 Å². The predicted octanol–water partition coefficient (Wildman–Crippen LogP) is 1.86. The molecule has 2 aliphatic rings. The molecular formula is C17H17F2NO4. The van der Waals surface area contributed by atoms with E-state index in [1.165, 1.54) is 4.90 Å². The maximum absolute atomic E-state index is 13.0. The number of benzene rings is 1. The summed E-state index contributed by atoms with van der Waals surface area (Å²) >= 11 is 0. The lowest BCUT2D eigenvalue weighted by Gasteiger charge is -2.27. The van der Waals surface area contributed by atoms with Gasteiger partial charge in [-0.15, -0.1) is 0 Å². The molecule has 1 unspecified atom stereocenters. The molecule has 1 aromatic rings. The third-order valence-corrected chi connectivity index (χ3v) is 4.88. The van der Waals surface area contributed by atoms with Crippen molar-refractivity contribution < 1.29 is 28.3 Å². The van der Waals surface area contributed by atoms with Crippen LogP contribution in [0.2, 0.25) is 0 Å². The molecular weight excluding hydrogens is 320 g/mol. The first-order valence-corrected chi connectivity index (χ1v) is 7.79. The average molecular weight is 337 g/mol. The first-order chi connectivity index (χ1) is 11.4. The Hall–Kier alpha value is -2.31. The molecule has 0 bridgehead atoms. The molecule has 1 aliphatic heterocycles. The minimum Gasteiger partial charge on any atom is -0.481 e. The van der Waals surface area contributed by atoms with Gasteiger partial charge in [-0.05, 0) is 12.0 Å². The lowest BCUT2D eigenvalue weighted by molar-refractivity contribution is -0.144. The van der Waals surface area contributed by atoms with E-state index in [1.54, 1.807) is 24.3 Å². The first kappa shape index (κ1) is 16.5. The second-order valence-corrected chi connectivity index (χ2v) is 6.37. The minimum atomic E-state index is -2.79. The molecule has 1 aliphatic carbocycles. The molecule has 24 heavy (non-hydrogen) atoms. The molecule has 5 nitrogen and oxygen atoms in total. The molecule has 0 radical (unpaired) electrons. The van der Waals surface area contributed by atoms with Crippen LogP contribution < -0.4 is 0 Å². The summed E-state index contributed by atoms with van der Waals surface area (Å²) in [5.41, 5.74) is 1.36. The number of alkyl halides is 2. The van der Waals surface area contributed by atoms with E-state index in [2.05, 4.69) is 0 Å². The number of hydrogen-bond acceptors (Lipinski definition) is 3. The number of carboxylic acids is 1. The summed E-state index contributed by atoms with van der Waals surface area (Å²) in [6, 6.07) is 7.02. The number of Topliss-reactive ketones (excluding diaryl/α,β-unsaturated/α-hetero) is 1. The molecule has 0 saturated carbocycles. The largest absolute Gasteiger partial charge is 0.481 e. The number of likely N-dealkylation sites (tertiary alicyclic amines) is 1. The van der Waals surface area contributed by atoms with Gasteiger partial charge in [-0.2, -0.15) is 0 Å². The quantitative estimate of drug-likeness (QED) is 0.913. The molecule has 7 heteroatoms. The fourth-order valence-electron chi connectivity index (χ4n) is 3.60. The van der Waals surface area contributed by atoms with Gasteiger partial charge in [0.1, 0.15) is 0 Å². The third kappa shape index (κ3) is 2.90. The van der Waals surface area contributed by atoms with E-state index >= 15 is 0 Å². The fraction of sp³-hybridized carbons (Fsp3) is 0.471. The van der Waals surface area contributed by atoms with Crippen LogP contribution in [0.1, 0.15) is 22.3 Å². The second-order valence-electron chi connectivity index (χ2n) is 6.37. The Morgan fingerprint density at radius 2 is 1.88 bits per heavy atom. The number of fused-ring (bicyclic) bond motifs is 1. The van der Waals surface area contributed by atoms with Crippen molar-refractivity contribution in [2.45, 2.75) is 19.3 Å². The van der Waals surface area contributed by atoms with Crippen molar-refractivity contribution in [3.8, 4) is 0 Å². The number of hydrogen-bond donors (Lipinski definition) is 1. The van der Waals surface area contributed by atoms with Gasteiger partial charge in [0.15, 0.2) is 5.78 Å². The number of halogens is 2. The molecule has 128 valence electrons. The zero-order chi connectivity index (χ0) is 17.4. The van der Waals surface area contributed by atoms with Gasteiger partial charge in [0, 0.05) is 31.0 Å². The van der Waals surface area contributed by atoms with Gasteiger partial charge >= 0.3 is 5.97 Å². The van der Waals surface area contributed by atoms with E-state index < -0.39 is 36.1 Å². The van der Waals surface area contributed by atoms with Crippen molar-refractivity contribution in [3.05, 3.63) is 35.4 Å². The number of carbonyl (C=O) groups excluding carboxylic acids is 2. The van der Waals surface area contributed by atoms with E-state index in [0.717, 1.165) is 5.56 Å². The van der Waals surface area contributed by atoms with Gasteiger partial charge in [-0.25, -0.2) is 8.78 Å². The van der Waals surface area contributed by atoms with Crippen molar-refractivity contribution in [1.29, 1.82) is 0 Å². The molecule has 1 saturated heterocycles. The van der Waals surface area contributed by atoms with Crippen molar-refractivity contribution in [1.82, 2.24) is 4.90 Å². The lowest BCUT2D eigenvalue weighted by atomic mass is 9.82. The average Bonchev–Trinajstić information content (AvgIpc) is 3.00. The van der Waals surface area contributed by atoms with Gasteiger partial charge in [0.05, 0.1) is 11.8 Å². The van der Waals surface area contributed by atoms with Crippen molar-refractivity contribution in [2.24, 2.45) is 17.8 Å². The molecule has 1 fully saturated rings. The number of carbonyl (C=O) groups is 3. The highest BCUT2D eigenvalue weighted by Gasteiger charge is 2.46. The number of carboxylic acid groups (broad SMARTS) is 1. The molecule has 3 rings (SSSR count). The SMILES string of the molecule is O=C1CC(C(=O)N2C[C@@H](C(=O)O)[C@H](C(F)F)C2)Cc2ccccc21. The van der Waals surface area contributed by atoms with Gasteiger partial charge in [0.2, 0.25) is 12.3 Å². The summed E-state index contributed by atoms with van der Waals surface area (Å²) in [6.07, 6.45) is -2.39. The summed E-state index contributed by atoms with van der Waals surface area (Å²) in [4.78, 5) is 37.1. The minimum absolute atomic E-state index is 0.0312.